The molecule has 2 heterocycles. The second-order valence-electron chi connectivity index (χ2n) is 5.44. The summed E-state index contributed by atoms with van der Waals surface area (Å²) in [5.41, 5.74) is -0.454. The first-order chi connectivity index (χ1) is 10.3. The van der Waals surface area contributed by atoms with E-state index in [0.29, 0.717) is 0 Å². The third kappa shape index (κ3) is 3.00. The maximum absolute atomic E-state index is 12.4. The number of hydrogen-bond donors (Lipinski definition) is 3. The zero-order valence-corrected chi connectivity index (χ0v) is 12.5. The molecule has 118 valence electrons. The second-order valence-corrected chi connectivity index (χ2v) is 5.44. The van der Waals surface area contributed by atoms with Crippen molar-refractivity contribution < 1.29 is 19.1 Å². The fraction of sp³-hybridized carbons (Fsp3) is 0.429. The van der Waals surface area contributed by atoms with E-state index in [0.717, 1.165) is 0 Å². The third-order valence-corrected chi connectivity index (χ3v) is 3.21. The zero-order chi connectivity index (χ0) is 16.4. The molecular formula is C14H17N3O5. The number of H-pyrrole nitrogens is 1. The van der Waals surface area contributed by atoms with E-state index in [2.05, 4.69) is 15.3 Å². The summed E-state index contributed by atoms with van der Waals surface area (Å²) in [4.78, 5) is 41.7. The molecule has 22 heavy (non-hydrogen) atoms. The highest BCUT2D eigenvalue weighted by Gasteiger charge is 2.26. The Balaban J connectivity index is 2.39. The van der Waals surface area contributed by atoms with E-state index in [1.54, 1.807) is 0 Å². The molecule has 0 aliphatic rings. The van der Waals surface area contributed by atoms with Gasteiger partial charge in [0.2, 0.25) is 5.71 Å². The summed E-state index contributed by atoms with van der Waals surface area (Å²) >= 11 is 0. The highest BCUT2D eigenvalue weighted by molar-refractivity contribution is 6.07. The van der Waals surface area contributed by atoms with Crippen LogP contribution in [0.4, 0.5) is 0 Å². The van der Waals surface area contributed by atoms with Crippen LogP contribution in [0.2, 0.25) is 0 Å². The van der Waals surface area contributed by atoms with Gasteiger partial charge in [-0.1, -0.05) is 13.8 Å². The minimum atomic E-state index is -1.13. The molecule has 0 aromatic carbocycles. The van der Waals surface area contributed by atoms with Crippen molar-refractivity contribution in [3.05, 3.63) is 28.0 Å². The Morgan fingerprint density at radius 2 is 2.14 bits per heavy atom. The minimum Gasteiger partial charge on any atom is -0.480 e. The normalized spacial score (nSPS) is 12.5. The lowest BCUT2D eigenvalue weighted by molar-refractivity contribution is -0.139. The van der Waals surface area contributed by atoms with Gasteiger partial charge in [-0.25, -0.2) is 9.78 Å². The third-order valence-electron chi connectivity index (χ3n) is 3.21. The molecule has 0 aliphatic carbocycles. The standard InChI is InChI=1S/C14H17N3O5/c1-6(2)4-8(14(20)21)17-12(19)9-7(3)22-13-10(9)11(18)15-5-16-13/h5-6,8H,4H2,1-3H3,(H,17,19)(H,20,21)(H,15,16,18)/t8-/m1/s1. The molecule has 2 aromatic rings. The molecule has 0 saturated heterocycles. The van der Waals surface area contributed by atoms with Crippen LogP contribution in [0.25, 0.3) is 11.1 Å². The Bertz CT molecular complexity index is 774. The number of amides is 1. The molecule has 0 radical (unpaired) electrons. The van der Waals surface area contributed by atoms with Gasteiger partial charge in [0.25, 0.3) is 11.5 Å². The summed E-state index contributed by atoms with van der Waals surface area (Å²) in [5, 5.41) is 11.6. The van der Waals surface area contributed by atoms with Crippen molar-refractivity contribution in [2.45, 2.75) is 33.2 Å². The fourth-order valence-corrected chi connectivity index (χ4v) is 2.25. The van der Waals surface area contributed by atoms with Crippen molar-refractivity contribution in [3.8, 4) is 0 Å². The van der Waals surface area contributed by atoms with Crippen molar-refractivity contribution >= 4 is 23.0 Å². The number of carboxylic acids is 1. The van der Waals surface area contributed by atoms with Crippen molar-refractivity contribution in [1.29, 1.82) is 0 Å². The van der Waals surface area contributed by atoms with Crippen LogP contribution in [-0.4, -0.2) is 33.0 Å². The van der Waals surface area contributed by atoms with Gasteiger partial charge in [0.1, 0.15) is 17.2 Å². The predicted octanol–water partition coefficient (Wildman–Crippen LogP) is 1.05. The van der Waals surface area contributed by atoms with Crippen LogP contribution in [0.3, 0.4) is 0 Å². The van der Waals surface area contributed by atoms with Gasteiger partial charge < -0.3 is 19.8 Å². The topological polar surface area (TPSA) is 125 Å². The predicted molar refractivity (Wildman–Crippen MR) is 77.7 cm³/mol. The molecule has 2 aromatic heterocycles. The Kier molecular flexibility index (Phi) is 4.30. The summed E-state index contributed by atoms with van der Waals surface area (Å²) in [6.45, 7) is 5.23. The van der Waals surface area contributed by atoms with Gasteiger partial charge in [-0.15, -0.1) is 0 Å². The SMILES string of the molecule is Cc1oc2nc[nH]c(=O)c2c1C(=O)N[C@H](CC(C)C)C(=O)O. The van der Waals surface area contributed by atoms with Gasteiger partial charge in [0.05, 0.1) is 11.9 Å². The summed E-state index contributed by atoms with van der Waals surface area (Å²) in [7, 11) is 0. The number of rotatable bonds is 5. The van der Waals surface area contributed by atoms with Crippen LogP contribution in [0, 0.1) is 12.8 Å². The van der Waals surface area contributed by atoms with Gasteiger partial charge in [0.15, 0.2) is 0 Å². The largest absolute Gasteiger partial charge is 0.480 e. The molecule has 3 N–H and O–H groups in total. The number of carboxylic acid groups (broad SMARTS) is 1. The number of carbonyl (C=O) groups is 2. The highest BCUT2D eigenvalue weighted by Crippen LogP contribution is 2.20. The van der Waals surface area contributed by atoms with Crippen LogP contribution in [-0.2, 0) is 4.79 Å². The van der Waals surface area contributed by atoms with Gasteiger partial charge in [-0.3, -0.25) is 9.59 Å². The smallest absolute Gasteiger partial charge is 0.326 e. The quantitative estimate of drug-likeness (QED) is 0.758. The van der Waals surface area contributed by atoms with Crippen LogP contribution in [0.15, 0.2) is 15.5 Å². The lowest BCUT2D eigenvalue weighted by atomic mass is 10.0. The number of aromatic amines is 1. The first kappa shape index (κ1) is 15.7. The van der Waals surface area contributed by atoms with E-state index in [-0.39, 0.29) is 34.8 Å². The zero-order valence-electron chi connectivity index (χ0n) is 12.5. The number of furan rings is 1. The van der Waals surface area contributed by atoms with Crippen molar-refractivity contribution in [2.24, 2.45) is 5.92 Å². The Hall–Kier alpha value is -2.64. The van der Waals surface area contributed by atoms with E-state index in [9.17, 15) is 19.5 Å². The number of carbonyl (C=O) groups excluding carboxylic acids is 1. The molecule has 0 spiro atoms. The minimum absolute atomic E-state index is 0.0133. The fourth-order valence-electron chi connectivity index (χ4n) is 2.25. The summed E-state index contributed by atoms with van der Waals surface area (Å²) in [6, 6.07) is -1.03. The van der Waals surface area contributed by atoms with Crippen LogP contribution < -0.4 is 10.9 Å². The summed E-state index contributed by atoms with van der Waals surface area (Å²) in [6.07, 6.45) is 1.46. The molecule has 0 aliphatic heterocycles. The number of aliphatic carboxylic acids is 1. The summed E-state index contributed by atoms with van der Waals surface area (Å²) in [5.74, 6) is -1.48. The lowest BCUT2D eigenvalue weighted by Crippen LogP contribution is -2.42. The number of aryl methyl sites for hydroxylation is 1. The van der Waals surface area contributed by atoms with Gasteiger partial charge >= 0.3 is 5.97 Å². The average Bonchev–Trinajstić information content (AvgIpc) is 2.74. The number of nitrogens with zero attached hydrogens (tertiary/aromatic N) is 1. The van der Waals surface area contributed by atoms with Gasteiger partial charge in [-0.05, 0) is 19.3 Å². The van der Waals surface area contributed by atoms with Crippen molar-refractivity contribution in [3.63, 3.8) is 0 Å². The second kappa shape index (κ2) is 6.00. The number of fused-ring (bicyclic) bond motifs is 1. The lowest BCUT2D eigenvalue weighted by Gasteiger charge is -2.16. The molecule has 0 fully saturated rings. The molecule has 8 nitrogen and oxygen atoms in total. The van der Waals surface area contributed by atoms with Crippen LogP contribution in [0.1, 0.15) is 36.4 Å². The monoisotopic (exact) mass is 307 g/mol. The number of hydrogen-bond acceptors (Lipinski definition) is 5. The van der Waals surface area contributed by atoms with E-state index in [4.69, 9.17) is 4.42 Å². The molecule has 0 bridgehead atoms. The first-order valence-corrected chi connectivity index (χ1v) is 6.81. The van der Waals surface area contributed by atoms with Gasteiger partial charge in [-0.2, -0.15) is 0 Å². The number of nitrogens with one attached hydrogen (secondary N) is 2. The highest BCUT2D eigenvalue weighted by atomic mass is 16.4. The Labute approximate surface area is 125 Å². The Morgan fingerprint density at radius 1 is 1.45 bits per heavy atom. The molecular weight excluding hydrogens is 290 g/mol. The maximum Gasteiger partial charge on any atom is 0.326 e. The molecule has 0 saturated carbocycles. The van der Waals surface area contributed by atoms with E-state index in [1.165, 1.54) is 13.3 Å². The van der Waals surface area contributed by atoms with E-state index < -0.39 is 23.5 Å². The average molecular weight is 307 g/mol. The van der Waals surface area contributed by atoms with Gasteiger partial charge in [0, 0.05) is 0 Å². The molecule has 1 atom stereocenters. The molecule has 2 rings (SSSR count). The first-order valence-electron chi connectivity index (χ1n) is 6.81. The van der Waals surface area contributed by atoms with E-state index >= 15 is 0 Å². The maximum atomic E-state index is 12.4. The molecule has 0 unspecified atom stereocenters. The summed E-state index contributed by atoms with van der Waals surface area (Å²) < 4.78 is 5.28. The Morgan fingerprint density at radius 3 is 2.73 bits per heavy atom. The molecule has 1 amide bonds. The van der Waals surface area contributed by atoms with E-state index in [1.807, 2.05) is 13.8 Å². The number of aromatic nitrogens is 2. The van der Waals surface area contributed by atoms with Crippen molar-refractivity contribution in [2.75, 3.05) is 0 Å². The van der Waals surface area contributed by atoms with Crippen molar-refractivity contribution in [1.82, 2.24) is 15.3 Å². The van der Waals surface area contributed by atoms with Crippen LogP contribution in [0.5, 0.6) is 0 Å². The van der Waals surface area contributed by atoms with Crippen LogP contribution >= 0.6 is 0 Å². The molecule has 8 heteroatoms.